The topological polar surface area (TPSA) is 103 Å². The number of carbonyl (C=O) groups excluding carboxylic acids is 1. The van der Waals surface area contributed by atoms with Crippen molar-refractivity contribution in [2.24, 2.45) is 0 Å². The van der Waals surface area contributed by atoms with Gasteiger partial charge in [-0.05, 0) is 6.07 Å². The molecule has 0 aliphatic carbocycles. The molecule has 0 aliphatic heterocycles. The Morgan fingerprint density at radius 2 is 2.03 bits per heavy atom. The quantitative estimate of drug-likeness (QED) is 0.246. The number of thioether (sulfide) groups is 1. The average Bonchev–Trinajstić information content (AvgIpc) is 3.11. The number of halogens is 1. The van der Waals surface area contributed by atoms with Gasteiger partial charge in [0, 0.05) is 24.2 Å². The molecule has 29 heavy (non-hydrogen) atoms. The number of nitrogens with one attached hydrogen (secondary N) is 1. The minimum absolute atomic E-state index is 0.0308. The highest BCUT2D eigenvalue weighted by Crippen LogP contribution is 2.28. The first-order valence-electron chi connectivity index (χ1n) is 8.45. The molecule has 0 saturated carbocycles. The van der Waals surface area contributed by atoms with Gasteiger partial charge in [-0.25, -0.2) is 0 Å². The number of hydrogen-bond acceptors (Lipinski definition) is 6. The lowest BCUT2D eigenvalue weighted by Gasteiger charge is -2.09. The van der Waals surface area contributed by atoms with Crippen molar-refractivity contribution in [2.75, 3.05) is 11.1 Å². The van der Waals surface area contributed by atoms with Crippen LogP contribution < -0.4 is 5.32 Å². The molecule has 0 aliphatic rings. The van der Waals surface area contributed by atoms with Crippen LogP contribution >= 0.6 is 23.4 Å². The van der Waals surface area contributed by atoms with E-state index in [0.717, 1.165) is 5.56 Å². The first-order valence-corrected chi connectivity index (χ1v) is 9.82. The number of amides is 1. The van der Waals surface area contributed by atoms with E-state index >= 15 is 0 Å². The van der Waals surface area contributed by atoms with Crippen LogP contribution in [0.25, 0.3) is 11.4 Å². The van der Waals surface area contributed by atoms with Crippen molar-refractivity contribution in [3.8, 4) is 11.4 Å². The van der Waals surface area contributed by atoms with Crippen molar-refractivity contribution in [3.05, 3.63) is 76.3 Å². The Hall–Kier alpha value is -3.17. The monoisotopic (exact) mass is 429 g/mol. The summed E-state index contributed by atoms with van der Waals surface area (Å²) in [5, 5.41) is 22.7. The van der Waals surface area contributed by atoms with E-state index in [0.29, 0.717) is 17.5 Å². The molecule has 10 heteroatoms. The minimum atomic E-state index is -0.552. The molecule has 1 N–H and O–H groups in total. The highest BCUT2D eigenvalue weighted by Gasteiger charge is 2.16. The number of allylic oxidation sites excluding steroid dienone is 1. The Kier molecular flexibility index (Phi) is 6.63. The number of nitro groups is 1. The number of rotatable bonds is 8. The summed E-state index contributed by atoms with van der Waals surface area (Å²) in [5.74, 6) is 0.338. The first-order chi connectivity index (χ1) is 14.0. The fourth-order valence-electron chi connectivity index (χ4n) is 2.53. The van der Waals surface area contributed by atoms with E-state index < -0.39 is 4.92 Å². The van der Waals surface area contributed by atoms with Gasteiger partial charge in [-0.1, -0.05) is 59.8 Å². The Labute approximate surface area is 175 Å². The second-order valence-corrected chi connectivity index (χ2v) is 7.18. The molecule has 0 fully saturated rings. The van der Waals surface area contributed by atoms with Crippen molar-refractivity contribution in [2.45, 2.75) is 11.7 Å². The average molecular weight is 430 g/mol. The number of nitro benzene ring substituents is 1. The summed E-state index contributed by atoms with van der Waals surface area (Å²) >= 11 is 7.22. The van der Waals surface area contributed by atoms with E-state index in [2.05, 4.69) is 22.1 Å². The summed E-state index contributed by atoms with van der Waals surface area (Å²) in [6, 6.07) is 13.4. The van der Waals surface area contributed by atoms with Gasteiger partial charge in [0.1, 0.15) is 0 Å². The molecule has 3 aromatic rings. The summed E-state index contributed by atoms with van der Waals surface area (Å²) in [7, 11) is 0. The molecule has 1 heterocycles. The lowest BCUT2D eigenvalue weighted by molar-refractivity contribution is -0.384. The maximum atomic E-state index is 12.3. The van der Waals surface area contributed by atoms with Gasteiger partial charge in [0.2, 0.25) is 5.91 Å². The summed E-state index contributed by atoms with van der Waals surface area (Å²) in [5.41, 5.74) is 0.932. The SMILES string of the molecule is C=CCn1c(SCC(=O)Nc2cc([N+](=O)[O-])ccc2Cl)nnc1-c1ccccc1. The Bertz CT molecular complexity index is 1060. The molecule has 148 valence electrons. The zero-order chi connectivity index (χ0) is 20.8. The van der Waals surface area contributed by atoms with Crippen LogP contribution in [-0.2, 0) is 11.3 Å². The minimum Gasteiger partial charge on any atom is -0.324 e. The second-order valence-electron chi connectivity index (χ2n) is 5.83. The van der Waals surface area contributed by atoms with Gasteiger partial charge in [-0.15, -0.1) is 16.8 Å². The van der Waals surface area contributed by atoms with Gasteiger partial charge in [-0.2, -0.15) is 0 Å². The van der Waals surface area contributed by atoms with Crippen molar-refractivity contribution in [3.63, 3.8) is 0 Å². The Morgan fingerprint density at radius 1 is 1.28 bits per heavy atom. The van der Waals surface area contributed by atoms with Crippen LogP contribution in [0.4, 0.5) is 11.4 Å². The van der Waals surface area contributed by atoms with Gasteiger partial charge >= 0.3 is 0 Å². The van der Waals surface area contributed by atoms with Crippen molar-refractivity contribution in [1.82, 2.24) is 14.8 Å². The fourth-order valence-corrected chi connectivity index (χ4v) is 3.44. The predicted molar refractivity (Wildman–Crippen MR) is 113 cm³/mol. The third-order valence-corrected chi connectivity index (χ3v) is 5.12. The fraction of sp³-hybridized carbons (Fsp3) is 0.105. The largest absolute Gasteiger partial charge is 0.324 e. The van der Waals surface area contributed by atoms with Gasteiger partial charge in [0.25, 0.3) is 5.69 Å². The number of non-ortho nitro benzene ring substituents is 1. The maximum absolute atomic E-state index is 12.3. The number of aromatic nitrogens is 3. The van der Waals surface area contributed by atoms with Gasteiger partial charge in [-0.3, -0.25) is 19.5 Å². The third-order valence-electron chi connectivity index (χ3n) is 3.83. The number of benzene rings is 2. The molecule has 0 radical (unpaired) electrons. The van der Waals surface area contributed by atoms with Crippen LogP contribution in [0.5, 0.6) is 0 Å². The molecule has 3 rings (SSSR count). The zero-order valence-corrected chi connectivity index (χ0v) is 16.7. The summed E-state index contributed by atoms with van der Waals surface area (Å²) in [4.78, 5) is 22.7. The smallest absolute Gasteiger partial charge is 0.271 e. The van der Waals surface area contributed by atoms with Crippen LogP contribution in [0.1, 0.15) is 0 Å². The normalized spacial score (nSPS) is 10.5. The highest BCUT2D eigenvalue weighted by molar-refractivity contribution is 7.99. The van der Waals surface area contributed by atoms with E-state index in [1.54, 1.807) is 6.08 Å². The molecule has 2 aromatic carbocycles. The van der Waals surface area contributed by atoms with Crippen molar-refractivity contribution < 1.29 is 9.72 Å². The number of anilines is 1. The maximum Gasteiger partial charge on any atom is 0.271 e. The highest BCUT2D eigenvalue weighted by atomic mass is 35.5. The Morgan fingerprint density at radius 3 is 2.72 bits per heavy atom. The Balaban J connectivity index is 1.72. The summed E-state index contributed by atoms with van der Waals surface area (Å²) < 4.78 is 1.86. The number of hydrogen-bond donors (Lipinski definition) is 1. The van der Waals surface area contributed by atoms with Crippen LogP contribution in [0.3, 0.4) is 0 Å². The van der Waals surface area contributed by atoms with Crippen LogP contribution in [0, 0.1) is 10.1 Å². The van der Waals surface area contributed by atoms with E-state index in [-0.39, 0.29) is 28.1 Å². The first kappa shape index (κ1) is 20.6. The van der Waals surface area contributed by atoms with Gasteiger partial charge < -0.3 is 5.32 Å². The number of nitrogens with zero attached hydrogens (tertiary/aromatic N) is 4. The van der Waals surface area contributed by atoms with Crippen LogP contribution in [0.15, 0.2) is 66.3 Å². The van der Waals surface area contributed by atoms with Crippen LogP contribution in [-0.4, -0.2) is 31.3 Å². The van der Waals surface area contributed by atoms with Crippen LogP contribution in [0.2, 0.25) is 5.02 Å². The second kappa shape index (κ2) is 9.35. The van der Waals surface area contributed by atoms with E-state index in [4.69, 9.17) is 11.6 Å². The number of carbonyl (C=O) groups is 1. The zero-order valence-electron chi connectivity index (χ0n) is 15.1. The lowest BCUT2D eigenvalue weighted by Crippen LogP contribution is -2.15. The summed E-state index contributed by atoms with van der Waals surface area (Å²) in [6.07, 6.45) is 1.73. The van der Waals surface area contributed by atoms with E-state index in [1.807, 2.05) is 34.9 Å². The van der Waals surface area contributed by atoms with E-state index in [1.165, 1.54) is 30.0 Å². The molecular weight excluding hydrogens is 414 g/mol. The molecular formula is C19H16ClN5O3S. The van der Waals surface area contributed by atoms with Gasteiger partial charge in [0.15, 0.2) is 11.0 Å². The van der Waals surface area contributed by atoms with Crippen molar-refractivity contribution >= 4 is 40.6 Å². The standard InChI is InChI=1S/C19H16ClN5O3S/c1-2-10-24-18(13-6-4-3-5-7-13)22-23-19(24)29-12-17(26)21-16-11-14(25(27)28)8-9-15(16)20/h2-9,11H,1,10,12H2,(H,21,26). The molecule has 0 bridgehead atoms. The molecule has 0 saturated heterocycles. The molecule has 0 atom stereocenters. The van der Waals surface area contributed by atoms with Gasteiger partial charge in [0.05, 0.1) is 21.4 Å². The summed E-state index contributed by atoms with van der Waals surface area (Å²) in [6.45, 7) is 4.24. The third kappa shape index (κ3) is 5.01. The lowest BCUT2D eigenvalue weighted by atomic mass is 10.2. The van der Waals surface area contributed by atoms with Crippen molar-refractivity contribution in [1.29, 1.82) is 0 Å². The van der Waals surface area contributed by atoms with E-state index in [9.17, 15) is 14.9 Å². The molecule has 1 amide bonds. The molecule has 0 unspecified atom stereocenters. The predicted octanol–water partition coefficient (Wildman–Crippen LogP) is 4.42. The molecule has 0 spiro atoms. The molecule has 1 aromatic heterocycles. The molecule has 8 nitrogen and oxygen atoms in total.